The largest absolute Gasteiger partial charge is 0.399 e. The van der Waals surface area contributed by atoms with Crippen LogP contribution >= 0.6 is 0 Å². The van der Waals surface area contributed by atoms with Gasteiger partial charge in [0.1, 0.15) is 5.82 Å². The first-order valence-corrected chi connectivity index (χ1v) is 7.92. The van der Waals surface area contributed by atoms with Crippen molar-refractivity contribution in [1.29, 1.82) is 0 Å². The maximum atomic E-state index is 5.90. The second-order valence-corrected chi connectivity index (χ2v) is 5.87. The first kappa shape index (κ1) is 15.8. The van der Waals surface area contributed by atoms with E-state index >= 15 is 0 Å². The molecule has 2 rings (SSSR count). The number of aryl methyl sites for hydroxylation is 1. The van der Waals surface area contributed by atoms with Gasteiger partial charge in [0, 0.05) is 18.7 Å². The summed E-state index contributed by atoms with van der Waals surface area (Å²) in [5, 5.41) is 0. The van der Waals surface area contributed by atoms with Crippen LogP contribution in [0.1, 0.15) is 46.0 Å². The minimum absolute atomic E-state index is 0.306. The fourth-order valence-corrected chi connectivity index (χ4v) is 2.74. The third-order valence-corrected chi connectivity index (χ3v) is 3.85. The Hall–Kier alpha value is -1.55. The fourth-order valence-electron chi connectivity index (χ4n) is 2.74. The van der Waals surface area contributed by atoms with Gasteiger partial charge in [0.2, 0.25) is 0 Å². The van der Waals surface area contributed by atoms with E-state index in [-0.39, 0.29) is 0 Å². The van der Waals surface area contributed by atoms with Crippen molar-refractivity contribution in [2.45, 2.75) is 46.6 Å². The molecular weight excluding hydrogens is 262 g/mol. The smallest absolute Gasteiger partial charge is 0.110 e. The lowest BCUT2D eigenvalue weighted by Crippen LogP contribution is -2.23. The minimum Gasteiger partial charge on any atom is -0.399 e. The molecule has 0 aliphatic rings. The van der Waals surface area contributed by atoms with Gasteiger partial charge in [-0.2, -0.15) is 0 Å². The van der Waals surface area contributed by atoms with Gasteiger partial charge in [0.25, 0.3) is 0 Å². The molecule has 1 aromatic carbocycles. The Morgan fingerprint density at radius 1 is 1.29 bits per heavy atom. The number of ether oxygens (including phenoxy) is 1. The van der Waals surface area contributed by atoms with Crippen LogP contribution in [0, 0.1) is 5.92 Å². The van der Waals surface area contributed by atoms with Crippen molar-refractivity contribution in [3.63, 3.8) is 0 Å². The molecule has 0 bridgehead atoms. The Labute approximate surface area is 127 Å². The number of anilines is 1. The minimum atomic E-state index is 0.306. The summed E-state index contributed by atoms with van der Waals surface area (Å²) in [6.45, 7) is 10.2. The van der Waals surface area contributed by atoms with Crippen LogP contribution in [-0.2, 0) is 11.2 Å². The van der Waals surface area contributed by atoms with Crippen molar-refractivity contribution in [2.24, 2.45) is 5.92 Å². The number of aromatic nitrogens is 2. The third-order valence-electron chi connectivity index (χ3n) is 3.85. The molecule has 1 atom stereocenters. The van der Waals surface area contributed by atoms with Crippen molar-refractivity contribution in [2.75, 3.05) is 18.9 Å². The van der Waals surface area contributed by atoms with Crippen LogP contribution in [0.15, 0.2) is 18.2 Å². The van der Waals surface area contributed by atoms with E-state index in [0.717, 1.165) is 48.6 Å². The van der Waals surface area contributed by atoms with Gasteiger partial charge in [-0.15, -0.1) is 0 Å². The zero-order chi connectivity index (χ0) is 15.4. The third kappa shape index (κ3) is 3.38. The standard InChI is InChI=1S/C17H27N3O/c1-5-7-17-19-14-10-13(18)8-9-15(14)20(17)16(12(3)4)11-21-6-2/h8-10,12,16H,5-7,11,18H2,1-4H3. The van der Waals surface area contributed by atoms with Crippen LogP contribution in [0.25, 0.3) is 11.0 Å². The first-order chi connectivity index (χ1) is 10.1. The molecule has 0 aliphatic heterocycles. The van der Waals surface area contributed by atoms with Gasteiger partial charge < -0.3 is 15.0 Å². The summed E-state index contributed by atoms with van der Waals surface area (Å²) in [5.41, 5.74) is 8.81. The van der Waals surface area contributed by atoms with Crippen molar-refractivity contribution in [3.05, 3.63) is 24.0 Å². The Bertz CT molecular complexity index is 589. The Kier molecular flexibility index (Phi) is 5.23. The molecule has 4 heteroatoms. The SMILES string of the molecule is CCCc1nc2cc(N)ccc2n1C(COCC)C(C)C. The summed E-state index contributed by atoms with van der Waals surface area (Å²) >= 11 is 0. The summed E-state index contributed by atoms with van der Waals surface area (Å²) in [6, 6.07) is 6.30. The topological polar surface area (TPSA) is 53.1 Å². The van der Waals surface area contributed by atoms with Crippen LogP contribution in [-0.4, -0.2) is 22.8 Å². The van der Waals surface area contributed by atoms with Gasteiger partial charge in [-0.1, -0.05) is 20.8 Å². The number of nitrogen functional groups attached to an aromatic ring is 1. The average Bonchev–Trinajstić information content (AvgIpc) is 2.77. The lowest BCUT2D eigenvalue weighted by molar-refractivity contribution is 0.0968. The summed E-state index contributed by atoms with van der Waals surface area (Å²) in [5.74, 6) is 1.62. The van der Waals surface area contributed by atoms with Gasteiger partial charge in [-0.25, -0.2) is 4.98 Å². The van der Waals surface area contributed by atoms with Crippen LogP contribution in [0.4, 0.5) is 5.69 Å². The van der Waals surface area contributed by atoms with Gasteiger partial charge in [-0.3, -0.25) is 0 Å². The normalized spacial score (nSPS) is 13.2. The number of benzene rings is 1. The van der Waals surface area contributed by atoms with E-state index in [4.69, 9.17) is 15.5 Å². The van der Waals surface area contributed by atoms with E-state index < -0.39 is 0 Å². The Morgan fingerprint density at radius 2 is 2.05 bits per heavy atom. The predicted octanol–water partition coefficient (Wildman–Crippen LogP) is 3.80. The predicted molar refractivity (Wildman–Crippen MR) is 88.5 cm³/mol. The van der Waals surface area contributed by atoms with Crippen LogP contribution in [0.3, 0.4) is 0 Å². The zero-order valence-electron chi connectivity index (χ0n) is 13.6. The number of nitrogens with zero attached hydrogens (tertiary/aromatic N) is 2. The second-order valence-electron chi connectivity index (χ2n) is 5.87. The van der Waals surface area contributed by atoms with Crippen LogP contribution < -0.4 is 5.73 Å². The molecule has 0 fully saturated rings. The number of fused-ring (bicyclic) bond motifs is 1. The summed E-state index contributed by atoms with van der Waals surface area (Å²) in [6.07, 6.45) is 2.06. The lowest BCUT2D eigenvalue weighted by Gasteiger charge is -2.25. The zero-order valence-corrected chi connectivity index (χ0v) is 13.6. The van der Waals surface area contributed by atoms with Gasteiger partial charge in [0.05, 0.1) is 23.7 Å². The second kappa shape index (κ2) is 6.94. The molecule has 0 saturated carbocycles. The Balaban J connectivity index is 2.53. The average molecular weight is 289 g/mol. The number of nitrogens with two attached hydrogens (primary N) is 1. The quantitative estimate of drug-likeness (QED) is 0.789. The molecule has 1 unspecified atom stereocenters. The highest BCUT2D eigenvalue weighted by molar-refractivity contribution is 5.79. The number of hydrogen-bond acceptors (Lipinski definition) is 3. The first-order valence-electron chi connectivity index (χ1n) is 7.92. The maximum absolute atomic E-state index is 5.90. The molecule has 0 spiro atoms. The van der Waals surface area contributed by atoms with Gasteiger partial charge in [0.15, 0.2) is 0 Å². The summed E-state index contributed by atoms with van der Waals surface area (Å²) < 4.78 is 8.07. The molecule has 0 aliphatic carbocycles. The molecule has 21 heavy (non-hydrogen) atoms. The lowest BCUT2D eigenvalue weighted by atomic mass is 10.0. The van der Waals surface area contributed by atoms with Gasteiger partial charge >= 0.3 is 0 Å². The van der Waals surface area contributed by atoms with E-state index in [9.17, 15) is 0 Å². The molecule has 1 aromatic heterocycles. The maximum Gasteiger partial charge on any atom is 0.110 e. The molecule has 0 amide bonds. The van der Waals surface area contributed by atoms with Crippen molar-refractivity contribution in [1.82, 2.24) is 9.55 Å². The highest BCUT2D eigenvalue weighted by Crippen LogP contribution is 2.28. The molecule has 2 N–H and O–H groups in total. The highest BCUT2D eigenvalue weighted by Gasteiger charge is 2.22. The number of imidazole rings is 1. The van der Waals surface area contributed by atoms with E-state index in [0.29, 0.717) is 12.0 Å². The number of rotatable bonds is 7. The van der Waals surface area contributed by atoms with Crippen molar-refractivity contribution >= 4 is 16.7 Å². The summed E-state index contributed by atoms with van der Waals surface area (Å²) in [7, 11) is 0. The molecular formula is C17H27N3O. The Morgan fingerprint density at radius 3 is 2.67 bits per heavy atom. The van der Waals surface area contributed by atoms with Crippen molar-refractivity contribution < 1.29 is 4.74 Å². The highest BCUT2D eigenvalue weighted by atomic mass is 16.5. The van der Waals surface area contributed by atoms with Crippen LogP contribution in [0.2, 0.25) is 0 Å². The molecule has 4 nitrogen and oxygen atoms in total. The molecule has 0 radical (unpaired) electrons. The number of hydrogen-bond donors (Lipinski definition) is 1. The van der Waals surface area contributed by atoms with E-state index in [1.165, 1.54) is 0 Å². The van der Waals surface area contributed by atoms with Gasteiger partial charge in [-0.05, 0) is 37.5 Å². The molecule has 2 aromatic rings. The molecule has 1 heterocycles. The van der Waals surface area contributed by atoms with E-state index in [2.05, 4.69) is 31.4 Å². The molecule has 0 saturated heterocycles. The van der Waals surface area contributed by atoms with Crippen LogP contribution in [0.5, 0.6) is 0 Å². The van der Waals surface area contributed by atoms with E-state index in [1.54, 1.807) is 0 Å². The fraction of sp³-hybridized carbons (Fsp3) is 0.588. The molecule has 116 valence electrons. The van der Waals surface area contributed by atoms with Crippen molar-refractivity contribution in [3.8, 4) is 0 Å². The monoisotopic (exact) mass is 289 g/mol. The summed E-state index contributed by atoms with van der Waals surface area (Å²) in [4.78, 5) is 4.80. The van der Waals surface area contributed by atoms with E-state index in [1.807, 2.05) is 19.1 Å².